The molecule has 1 aromatic rings. The third-order valence-electron chi connectivity index (χ3n) is 4.64. The Kier molecular flexibility index (Phi) is 13.6. The molecular weight excluding hydrogens is 373 g/mol. The minimum atomic E-state index is -0.00438. The zero-order valence-electron chi connectivity index (χ0n) is 15.8. The van der Waals surface area contributed by atoms with Gasteiger partial charge < -0.3 is 20.3 Å². The molecule has 0 aromatic heterocycles. The fourth-order valence-corrected chi connectivity index (χ4v) is 2.97. The quantitative estimate of drug-likeness (QED) is 0.662. The van der Waals surface area contributed by atoms with Crippen LogP contribution < -0.4 is 15.4 Å². The normalized spacial score (nSPS) is 16.3. The SMILES string of the molecule is CCN(CC)CCOc1ccc(C(=O)NCC2CCCNC2)cc1.Cl.Cl. The molecule has 7 heteroatoms. The van der Waals surface area contributed by atoms with E-state index in [2.05, 4.69) is 29.4 Å². The number of rotatable bonds is 9. The monoisotopic (exact) mass is 405 g/mol. The molecular formula is C19H33Cl2N3O2. The smallest absolute Gasteiger partial charge is 0.251 e. The third kappa shape index (κ3) is 8.58. The van der Waals surface area contributed by atoms with Crippen LogP contribution in [0.5, 0.6) is 5.75 Å². The predicted octanol–water partition coefficient (Wildman–Crippen LogP) is 2.98. The van der Waals surface area contributed by atoms with Gasteiger partial charge >= 0.3 is 0 Å². The first-order chi connectivity index (χ1) is 11.7. The number of amides is 1. The standard InChI is InChI=1S/C19H31N3O2.2ClH/c1-3-22(4-2)12-13-24-18-9-7-17(8-10-18)19(23)21-15-16-6-5-11-20-14-16;;/h7-10,16,20H,3-6,11-15H2,1-2H3,(H,21,23);2*1H. The molecule has 0 spiro atoms. The molecule has 150 valence electrons. The molecule has 1 aromatic carbocycles. The van der Waals surface area contributed by atoms with Crippen molar-refractivity contribution in [3.63, 3.8) is 0 Å². The lowest BCUT2D eigenvalue weighted by molar-refractivity contribution is 0.0945. The van der Waals surface area contributed by atoms with Crippen LogP contribution in [-0.4, -0.2) is 56.7 Å². The molecule has 2 rings (SSSR count). The van der Waals surface area contributed by atoms with E-state index in [1.165, 1.54) is 12.8 Å². The van der Waals surface area contributed by atoms with Crippen molar-refractivity contribution in [2.75, 3.05) is 45.9 Å². The van der Waals surface area contributed by atoms with Crippen LogP contribution in [0, 0.1) is 5.92 Å². The zero-order valence-corrected chi connectivity index (χ0v) is 17.5. The third-order valence-corrected chi connectivity index (χ3v) is 4.64. The van der Waals surface area contributed by atoms with Crippen LogP contribution in [0.1, 0.15) is 37.0 Å². The topological polar surface area (TPSA) is 53.6 Å². The number of nitrogens with one attached hydrogen (secondary N) is 2. The van der Waals surface area contributed by atoms with Crippen LogP contribution in [0.4, 0.5) is 0 Å². The van der Waals surface area contributed by atoms with E-state index in [0.717, 1.165) is 45.0 Å². The van der Waals surface area contributed by atoms with Crippen molar-refractivity contribution >= 4 is 30.7 Å². The summed E-state index contributed by atoms with van der Waals surface area (Å²) in [6.45, 7) is 10.8. The molecule has 1 fully saturated rings. The number of piperidine rings is 1. The molecule has 1 atom stereocenters. The van der Waals surface area contributed by atoms with Gasteiger partial charge in [0.05, 0.1) is 0 Å². The summed E-state index contributed by atoms with van der Waals surface area (Å²) in [4.78, 5) is 14.5. The Hall–Kier alpha value is -1.01. The largest absolute Gasteiger partial charge is 0.492 e. The predicted molar refractivity (Wildman–Crippen MR) is 112 cm³/mol. The van der Waals surface area contributed by atoms with Gasteiger partial charge in [-0.15, -0.1) is 24.8 Å². The van der Waals surface area contributed by atoms with Crippen molar-refractivity contribution in [1.29, 1.82) is 0 Å². The Morgan fingerprint density at radius 2 is 1.92 bits per heavy atom. The minimum Gasteiger partial charge on any atom is -0.492 e. The Labute approximate surface area is 170 Å². The molecule has 0 aliphatic carbocycles. The second-order valence-corrected chi connectivity index (χ2v) is 6.32. The first-order valence-corrected chi connectivity index (χ1v) is 9.17. The van der Waals surface area contributed by atoms with Gasteiger partial charge in [0.2, 0.25) is 0 Å². The lowest BCUT2D eigenvalue weighted by Crippen LogP contribution is -2.38. The fraction of sp³-hybridized carbons (Fsp3) is 0.632. The highest BCUT2D eigenvalue weighted by Gasteiger charge is 2.14. The van der Waals surface area contributed by atoms with Gasteiger partial charge in [-0.25, -0.2) is 0 Å². The van der Waals surface area contributed by atoms with Gasteiger partial charge in [-0.05, 0) is 69.2 Å². The maximum absolute atomic E-state index is 12.2. The lowest BCUT2D eigenvalue weighted by atomic mass is 10.00. The van der Waals surface area contributed by atoms with Crippen molar-refractivity contribution in [2.45, 2.75) is 26.7 Å². The first-order valence-electron chi connectivity index (χ1n) is 9.17. The highest BCUT2D eigenvalue weighted by Crippen LogP contribution is 2.13. The lowest BCUT2D eigenvalue weighted by Gasteiger charge is -2.22. The number of benzene rings is 1. The summed E-state index contributed by atoms with van der Waals surface area (Å²) in [5.74, 6) is 1.36. The summed E-state index contributed by atoms with van der Waals surface area (Å²) in [5.41, 5.74) is 0.690. The number of hydrogen-bond donors (Lipinski definition) is 2. The summed E-state index contributed by atoms with van der Waals surface area (Å²) in [5, 5.41) is 6.41. The Bertz CT molecular complexity index is 490. The molecule has 1 aliphatic rings. The molecule has 1 unspecified atom stereocenters. The molecule has 1 amide bonds. The summed E-state index contributed by atoms with van der Waals surface area (Å²) in [6, 6.07) is 7.42. The number of carbonyl (C=O) groups excluding carboxylic acids is 1. The van der Waals surface area contributed by atoms with E-state index in [1.807, 2.05) is 24.3 Å². The summed E-state index contributed by atoms with van der Waals surface area (Å²) >= 11 is 0. The van der Waals surface area contributed by atoms with Gasteiger partial charge in [-0.3, -0.25) is 4.79 Å². The highest BCUT2D eigenvalue weighted by atomic mass is 35.5. The molecule has 1 aliphatic heterocycles. The number of ether oxygens (including phenoxy) is 1. The first kappa shape index (κ1) is 25.0. The summed E-state index contributed by atoms with van der Waals surface area (Å²) < 4.78 is 5.75. The van der Waals surface area contributed by atoms with E-state index in [0.29, 0.717) is 18.1 Å². The van der Waals surface area contributed by atoms with Gasteiger partial charge in [0.1, 0.15) is 12.4 Å². The van der Waals surface area contributed by atoms with Crippen LogP contribution in [0.25, 0.3) is 0 Å². The van der Waals surface area contributed by atoms with Crippen molar-refractivity contribution in [3.05, 3.63) is 29.8 Å². The van der Waals surface area contributed by atoms with Gasteiger partial charge in [-0.2, -0.15) is 0 Å². The van der Waals surface area contributed by atoms with Gasteiger partial charge in [0, 0.05) is 18.7 Å². The van der Waals surface area contributed by atoms with Crippen LogP contribution in [0.2, 0.25) is 0 Å². The average Bonchev–Trinajstić information content (AvgIpc) is 2.64. The van der Waals surface area contributed by atoms with E-state index in [-0.39, 0.29) is 30.7 Å². The summed E-state index contributed by atoms with van der Waals surface area (Å²) in [7, 11) is 0. The van der Waals surface area contributed by atoms with E-state index < -0.39 is 0 Å². The minimum absolute atomic E-state index is 0. The summed E-state index contributed by atoms with van der Waals surface area (Å²) in [6.07, 6.45) is 2.38. The van der Waals surface area contributed by atoms with Crippen LogP contribution in [-0.2, 0) is 0 Å². The molecule has 0 radical (unpaired) electrons. The van der Waals surface area contributed by atoms with E-state index in [9.17, 15) is 4.79 Å². The van der Waals surface area contributed by atoms with E-state index in [4.69, 9.17) is 4.74 Å². The molecule has 26 heavy (non-hydrogen) atoms. The number of hydrogen-bond acceptors (Lipinski definition) is 4. The van der Waals surface area contributed by atoms with Crippen molar-refractivity contribution in [1.82, 2.24) is 15.5 Å². The molecule has 0 bridgehead atoms. The molecule has 2 N–H and O–H groups in total. The van der Waals surface area contributed by atoms with Gasteiger partial charge in [0.15, 0.2) is 0 Å². The Morgan fingerprint density at radius 1 is 1.23 bits per heavy atom. The number of likely N-dealkylation sites (N-methyl/N-ethyl adjacent to an activating group) is 1. The second kappa shape index (κ2) is 14.1. The van der Waals surface area contributed by atoms with Crippen LogP contribution >= 0.6 is 24.8 Å². The van der Waals surface area contributed by atoms with Crippen LogP contribution in [0.3, 0.4) is 0 Å². The van der Waals surface area contributed by atoms with E-state index in [1.54, 1.807) is 0 Å². The molecule has 1 saturated heterocycles. The highest BCUT2D eigenvalue weighted by molar-refractivity contribution is 5.94. The number of halogens is 2. The average molecular weight is 406 g/mol. The number of carbonyl (C=O) groups is 1. The number of nitrogens with zero attached hydrogens (tertiary/aromatic N) is 1. The Balaban J connectivity index is 0.00000312. The van der Waals surface area contributed by atoms with Crippen molar-refractivity contribution in [3.8, 4) is 5.75 Å². The molecule has 1 heterocycles. The Morgan fingerprint density at radius 3 is 2.50 bits per heavy atom. The maximum atomic E-state index is 12.2. The van der Waals surface area contributed by atoms with E-state index >= 15 is 0 Å². The van der Waals surface area contributed by atoms with Crippen molar-refractivity contribution in [2.24, 2.45) is 5.92 Å². The molecule has 0 saturated carbocycles. The van der Waals surface area contributed by atoms with Gasteiger partial charge in [-0.1, -0.05) is 13.8 Å². The maximum Gasteiger partial charge on any atom is 0.251 e. The van der Waals surface area contributed by atoms with Crippen molar-refractivity contribution < 1.29 is 9.53 Å². The fourth-order valence-electron chi connectivity index (χ4n) is 2.97. The van der Waals surface area contributed by atoms with Gasteiger partial charge in [0.25, 0.3) is 5.91 Å². The van der Waals surface area contributed by atoms with Crippen LogP contribution in [0.15, 0.2) is 24.3 Å². The second-order valence-electron chi connectivity index (χ2n) is 6.32. The molecule has 5 nitrogen and oxygen atoms in total. The zero-order chi connectivity index (χ0) is 17.2.